The van der Waals surface area contributed by atoms with Crippen molar-refractivity contribution in [1.82, 2.24) is 20.1 Å². The number of nitrogens with zero attached hydrogens (tertiary/aromatic N) is 2. The number of aromatic nitrogens is 1. The van der Waals surface area contributed by atoms with Gasteiger partial charge in [0.2, 0.25) is 5.91 Å². The molecular weight excluding hydrogens is 292 g/mol. The van der Waals surface area contributed by atoms with Gasteiger partial charge < -0.3 is 20.1 Å². The summed E-state index contributed by atoms with van der Waals surface area (Å²) in [6.07, 6.45) is 2.30. The Morgan fingerprint density at radius 3 is 2.57 bits per heavy atom. The van der Waals surface area contributed by atoms with E-state index in [9.17, 15) is 9.59 Å². The molecule has 0 spiro atoms. The van der Waals surface area contributed by atoms with Gasteiger partial charge >= 0.3 is 6.03 Å². The summed E-state index contributed by atoms with van der Waals surface area (Å²) < 4.78 is 0. The summed E-state index contributed by atoms with van der Waals surface area (Å²) in [5, 5.41) is 3.89. The van der Waals surface area contributed by atoms with Crippen LogP contribution in [0.2, 0.25) is 0 Å². The first-order valence-electron chi connectivity index (χ1n) is 8.04. The molecular formula is C17H22N4O2. The molecule has 1 aliphatic heterocycles. The normalized spacial score (nSPS) is 15.0. The fourth-order valence-corrected chi connectivity index (χ4v) is 2.97. The number of hydrogen-bond acceptors (Lipinski definition) is 2. The van der Waals surface area contributed by atoms with Gasteiger partial charge in [-0.05, 0) is 18.6 Å². The van der Waals surface area contributed by atoms with Crippen molar-refractivity contribution in [3.05, 3.63) is 36.0 Å². The maximum atomic E-state index is 12.5. The number of carbonyl (C=O) groups excluding carboxylic acids is 2. The van der Waals surface area contributed by atoms with E-state index in [2.05, 4.69) is 10.3 Å². The Morgan fingerprint density at radius 2 is 1.83 bits per heavy atom. The zero-order chi connectivity index (χ0) is 16.2. The van der Waals surface area contributed by atoms with Crippen LogP contribution in [0.4, 0.5) is 4.79 Å². The van der Waals surface area contributed by atoms with Crippen molar-refractivity contribution in [3.8, 4) is 0 Å². The van der Waals surface area contributed by atoms with Crippen LogP contribution in [0.5, 0.6) is 0 Å². The molecule has 0 saturated carbocycles. The van der Waals surface area contributed by atoms with Crippen molar-refractivity contribution in [2.75, 3.05) is 32.7 Å². The lowest BCUT2D eigenvalue weighted by Gasteiger charge is -2.34. The fraction of sp³-hybridized carbons (Fsp3) is 0.412. The smallest absolute Gasteiger partial charge is 0.317 e. The molecule has 2 aromatic rings. The molecule has 2 N–H and O–H groups in total. The van der Waals surface area contributed by atoms with Crippen LogP contribution in [0.25, 0.3) is 10.9 Å². The first kappa shape index (κ1) is 15.4. The molecule has 0 unspecified atom stereocenters. The monoisotopic (exact) mass is 314 g/mol. The molecule has 0 atom stereocenters. The Kier molecular flexibility index (Phi) is 4.50. The lowest BCUT2D eigenvalue weighted by atomic mass is 10.1. The van der Waals surface area contributed by atoms with Crippen molar-refractivity contribution in [2.45, 2.75) is 13.3 Å². The first-order chi connectivity index (χ1) is 11.2. The quantitative estimate of drug-likeness (QED) is 0.903. The standard InChI is InChI=1S/C17H22N4O2/c1-2-18-17(23)21-9-7-20(8-10-21)16(22)11-13-12-19-15-6-4-3-5-14(13)15/h3-6,12,19H,2,7-11H2,1H3,(H,18,23). The van der Waals surface area contributed by atoms with E-state index in [-0.39, 0.29) is 11.9 Å². The van der Waals surface area contributed by atoms with Gasteiger partial charge in [-0.2, -0.15) is 0 Å². The van der Waals surface area contributed by atoms with Crippen LogP contribution in [0, 0.1) is 0 Å². The fourth-order valence-electron chi connectivity index (χ4n) is 2.97. The Morgan fingerprint density at radius 1 is 1.13 bits per heavy atom. The third-order valence-electron chi connectivity index (χ3n) is 4.26. The van der Waals surface area contributed by atoms with Crippen molar-refractivity contribution in [2.24, 2.45) is 0 Å². The maximum Gasteiger partial charge on any atom is 0.317 e. The Balaban J connectivity index is 1.59. The van der Waals surface area contributed by atoms with Crippen LogP contribution >= 0.6 is 0 Å². The summed E-state index contributed by atoms with van der Waals surface area (Å²) >= 11 is 0. The summed E-state index contributed by atoms with van der Waals surface area (Å²) in [5.41, 5.74) is 2.08. The average molecular weight is 314 g/mol. The number of aromatic amines is 1. The number of H-pyrrole nitrogens is 1. The zero-order valence-electron chi connectivity index (χ0n) is 13.3. The van der Waals surface area contributed by atoms with E-state index >= 15 is 0 Å². The van der Waals surface area contributed by atoms with Gasteiger partial charge in [0.15, 0.2) is 0 Å². The molecule has 1 fully saturated rings. The summed E-state index contributed by atoms with van der Waals surface area (Å²) in [6.45, 7) is 4.89. The van der Waals surface area contributed by atoms with E-state index in [1.165, 1.54) is 0 Å². The zero-order valence-corrected chi connectivity index (χ0v) is 13.3. The van der Waals surface area contributed by atoms with Crippen molar-refractivity contribution in [1.29, 1.82) is 0 Å². The van der Waals surface area contributed by atoms with Crippen LogP contribution < -0.4 is 5.32 Å². The number of piperazine rings is 1. The average Bonchev–Trinajstić information content (AvgIpc) is 2.98. The number of benzene rings is 1. The van der Waals surface area contributed by atoms with Crippen LogP contribution in [-0.4, -0.2) is 59.4 Å². The molecule has 6 nitrogen and oxygen atoms in total. The topological polar surface area (TPSA) is 68.4 Å². The Labute approximate surface area is 135 Å². The molecule has 0 aliphatic carbocycles. The van der Waals surface area contributed by atoms with E-state index in [0.717, 1.165) is 16.5 Å². The van der Waals surface area contributed by atoms with Gasteiger partial charge in [0.25, 0.3) is 0 Å². The minimum Gasteiger partial charge on any atom is -0.361 e. The molecule has 1 aliphatic rings. The second kappa shape index (κ2) is 6.73. The summed E-state index contributed by atoms with van der Waals surface area (Å²) in [5.74, 6) is 0.116. The number of hydrogen-bond donors (Lipinski definition) is 2. The van der Waals surface area contributed by atoms with Gasteiger partial charge in [0.1, 0.15) is 0 Å². The van der Waals surface area contributed by atoms with Crippen molar-refractivity contribution in [3.63, 3.8) is 0 Å². The highest BCUT2D eigenvalue weighted by molar-refractivity contribution is 5.89. The molecule has 2 heterocycles. The highest BCUT2D eigenvalue weighted by atomic mass is 16.2. The summed E-state index contributed by atoms with van der Waals surface area (Å²) in [7, 11) is 0. The third kappa shape index (κ3) is 3.31. The second-order valence-corrected chi connectivity index (χ2v) is 5.74. The molecule has 122 valence electrons. The van der Waals surface area contributed by atoms with Crippen LogP contribution in [0.1, 0.15) is 12.5 Å². The maximum absolute atomic E-state index is 12.5. The molecule has 3 rings (SSSR count). The van der Waals surface area contributed by atoms with Crippen LogP contribution in [0.3, 0.4) is 0 Å². The third-order valence-corrected chi connectivity index (χ3v) is 4.26. The molecule has 1 saturated heterocycles. The second-order valence-electron chi connectivity index (χ2n) is 5.74. The Hall–Kier alpha value is -2.50. The highest BCUT2D eigenvalue weighted by Crippen LogP contribution is 2.19. The minimum absolute atomic E-state index is 0.0452. The number of carbonyl (C=O) groups is 2. The number of rotatable bonds is 3. The minimum atomic E-state index is -0.0452. The molecule has 23 heavy (non-hydrogen) atoms. The highest BCUT2D eigenvalue weighted by Gasteiger charge is 2.24. The van der Waals surface area contributed by atoms with E-state index in [1.807, 2.05) is 42.3 Å². The Bertz CT molecular complexity index is 701. The lowest BCUT2D eigenvalue weighted by Crippen LogP contribution is -2.53. The van der Waals surface area contributed by atoms with Crippen molar-refractivity contribution >= 4 is 22.8 Å². The molecule has 0 radical (unpaired) electrons. The van der Waals surface area contributed by atoms with Crippen LogP contribution in [0.15, 0.2) is 30.5 Å². The lowest BCUT2D eigenvalue weighted by molar-refractivity contribution is -0.131. The predicted molar refractivity (Wildman–Crippen MR) is 89.2 cm³/mol. The van der Waals surface area contributed by atoms with E-state index < -0.39 is 0 Å². The van der Waals surface area contributed by atoms with Crippen LogP contribution in [-0.2, 0) is 11.2 Å². The molecule has 3 amide bonds. The molecule has 0 bridgehead atoms. The van der Waals surface area contributed by atoms with Gasteiger partial charge in [0.05, 0.1) is 6.42 Å². The number of amides is 3. The van der Waals surface area contributed by atoms with Gasteiger partial charge in [-0.1, -0.05) is 18.2 Å². The number of nitrogens with one attached hydrogen (secondary N) is 2. The van der Waals surface area contributed by atoms with E-state index in [4.69, 9.17) is 0 Å². The number of para-hydroxylation sites is 1. The predicted octanol–water partition coefficient (Wildman–Crippen LogP) is 1.58. The van der Waals surface area contributed by atoms with E-state index in [1.54, 1.807) is 4.90 Å². The van der Waals surface area contributed by atoms with E-state index in [0.29, 0.717) is 39.1 Å². The SMILES string of the molecule is CCNC(=O)N1CCN(C(=O)Cc2c[nH]c3ccccc23)CC1. The largest absolute Gasteiger partial charge is 0.361 e. The molecule has 1 aromatic carbocycles. The number of urea groups is 1. The molecule has 1 aromatic heterocycles. The van der Waals surface area contributed by atoms with Gasteiger partial charge in [-0.3, -0.25) is 4.79 Å². The summed E-state index contributed by atoms with van der Waals surface area (Å²) in [6, 6.07) is 7.95. The first-order valence-corrected chi connectivity index (χ1v) is 8.04. The van der Waals surface area contributed by atoms with Gasteiger partial charge in [-0.25, -0.2) is 4.79 Å². The van der Waals surface area contributed by atoms with Gasteiger partial charge in [0, 0.05) is 49.8 Å². The number of fused-ring (bicyclic) bond motifs is 1. The van der Waals surface area contributed by atoms with Crippen molar-refractivity contribution < 1.29 is 9.59 Å². The summed E-state index contributed by atoms with van der Waals surface area (Å²) in [4.78, 5) is 31.1. The van der Waals surface area contributed by atoms with Gasteiger partial charge in [-0.15, -0.1) is 0 Å². The molecule has 6 heteroatoms.